The number of hydrogen-bond donors (Lipinski definition) is 2. The van der Waals surface area contributed by atoms with Gasteiger partial charge in [-0.25, -0.2) is 9.37 Å². The average Bonchev–Trinajstić information content (AvgIpc) is 2.82. The average molecular weight is 307 g/mol. The Morgan fingerprint density at radius 1 is 1.38 bits per heavy atom. The SMILES string of the molecule is CNCC(=O)NC(C)c1sc(-c2ccc(F)cc2)nc1C. The second-order valence-electron chi connectivity index (χ2n) is 4.80. The van der Waals surface area contributed by atoms with E-state index in [0.717, 1.165) is 21.1 Å². The predicted molar refractivity (Wildman–Crippen MR) is 82.7 cm³/mol. The van der Waals surface area contributed by atoms with Gasteiger partial charge in [-0.05, 0) is 45.2 Å². The second-order valence-corrected chi connectivity index (χ2v) is 5.83. The molecule has 2 N–H and O–H groups in total. The number of halogens is 1. The molecule has 2 rings (SSSR count). The van der Waals surface area contributed by atoms with Crippen molar-refractivity contribution in [2.24, 2.45) is 0 Å². The van der Waals surface area contributed by atoms with Gasteiger partial charge in [-0.15, -0.1) is 11.3 Å². The van der Waals surface area contributed by atoms with Crippen LogP contribution in [-0.4, -0.2) is 24.5 Å². The lowest BCUT2D eigenvalue weighted by Gasteiger charge is -2.12. The van der Waals surface area contributed by atoms with Crippen molar-refractivity contribution in [2.45, 2.75) is 19.9 Å². The van der Waals surface area contributed by atoms with E-state index in [2.05, 4.69) is 15.6 Å². The molecule has 0 fully saturated rings. The Balaban J connectivity index is 2.18. The van der Waals surface area contributed by atoms with E-state index in [1.54, 1.807) is 19.2 Å². The molecule has 4 nitrogen and oxygen atoms in total. The molecule has 1 aromatic heterocycles. The van der Waals surface area contributed by atoms with E-state index in [9.17, 15) is 9.18 Å². The summed E-state index contributed by atoms with van der Waals surface area (Å²) in [5.74, 6) is -0.318. The number of likely N-dealkylation sites (N-methyl/N-ethyl adjacent to an activating group) is 1. The zero-order valence-corrected chi connectivity index (χ0v) is 13.1. The van der Waals surface area contributed by atoms with Crippen molar-refractivity contribution in [1.82, 2.24) is 15.6 Å². The van der Waals surface area contributed by atoms with Gasteiger partial charge in [-0.2, -0.15) is 0 Å². The molecule has 0 radical (unpaired) electrons. The number of aryl methyl sites for hydroxylation is 1. The third-order valence-corrected chi connectivity index (χ3v) is 4.42. The smallest absolute Gasteiger partial charge is 0.234 e. The standard InChI is InChI=1S/C15H18FN3OS/c1-9(18-13(20)8-17-3)14-10(2)19-15(21-14)11-4-6-12(16)7-5-11/h4-7,9,17H,8H2,1-3H3,(H,18,20). The van der Waals surface area contributed by atoms with Gasteiger partial charge in [0.25, 0.3) is 0 Å². The van der Waals surface area contributed by atoms with Crippen LogP contribution in [0.2, 0.25) is 0 Å². The van der Waals surface area contributed by atoms with Crippen LogP contribution in [0.1, 0.15) is 23.5 Å². The van der Waals surface area contributed by atoms with Crippen LogP contribution in [0.4, 0.5) is 4.39 Å². The van der Waals surface area contributed by atoms with E-state index in [1.165, 1.54) is 23.5 Å². The van der Waals surface area contributed by atoms with E-state index < -0.39 is 0 Å². The number of carbonyl (C=O) groups is 1. The largest absolute Gasteiger partial charge is 0.348 e. The molecule has 1 heterocycles. The normalized spacial score (nSPS) is 12.2. The van der Waals surface area contributed by atoms with Crippen LogP contribution in [-0.2, 0) is 4.79 Å². The van der Waals surface area contributed by atoms with Gasteiger partial charge in [0.2, 0.25) is 5.91 Å². The monoisotopic (exact) mass is 307 g/mol. The molecular formula is C15H18FN3OS. The highest BCUT2D eigenvalue weighted by Crippen LogP contribution is 2.31. The van der Waals surface area contributed by atoms with Gasteiger partial charge in [-0.1, -0.05) is 0 Å². The first-order valence-corrected chi connectivity index (χ1v) is 7.50. The van der Waals surface area contributed by atoms with Crippen molar-refractivity contribution in [3.8, 4) is 10.6 Å². The molecule has 2 aromatic rings. The first-order valence-electron chi connectivity index (χ1n) is 6.68. The second kappa shape index (κ2) is 6.78. The van der Waals surface area contributed by atoms with Crippen LogP contribution in [0.5, 0.6) is 0 Å². The number of nitrogens with one attached hydrogen (secondary N) is 2. The summed E-state index contributed by atoms with van der Waals surface area (Å²) in [5.41, 5.74) is 1.76. The zero-order valence-electron chi connectivity index (χ0n) is 12.2. The molecule has 0 spiro atoms. The summed E-state index contributed by atoms with van der Waals surface area (Å²) in [5, 5.41) is 6.57. The number of nitrogens with zero attached hydrogens (tertiary/aromatic N) is 1. The molecule has 0 aliphatic rings. The summed E-state index contributed by atoms with van der Waals surface area (Å²) in [7, 11) is 1.73. The minimum atomic E-state index is -0.264. The zero-order chi connectivity index (χ0) is 15.4. The van der Waals surface area contributed by atoms with Gasteiger partial charge in [0.1, 0.15) is 10.8 Å². The van der Waals surface area contributed by atoms with Gasteiger partial charge < -0.3 is 10.6 Å². The Kier molecular flexibility index (Phi) is 5.03. The summed E-state index contributed by atoms with van der Waals surface area (Å²) in [6, 6.07) is 6.16. The fraction of sp³-hybridized carbons (Fsp3) is 0.333. The van der Waals surface area contributed by atoms with E-state index in [-0.39, 0.29) is 24.3 Å². The summed E-state index contributed by atoms with van der Waals surface area (Å²) >= 11 is 1.52. The highest BCUT2D eigenvalue weighted by molar-refractivity contribution is 7.15. The minimum absolute atomic E-state index is 0.0545. The lowest BCUT2D eigenvalue weighted by Crippen LogP contribution is -2.33. The maximum absolute atomic E-state index is 13.0. The summed E-state index contributed by atoms with van der Waals surface area (Å²) < 4.78 is 13.0. The fourth-order valence-electron chi connectivity index (χ4n) is 2.04. The van der Waals surface area contributed by atoms with E-state index >= 15 is 0 Å². The molecule has 1 unspecified atom stereocenters. The summed E-state index contributed by atoms with van der Waals surface area (Å²) in [6.07, 6.45) is 0. The number of amides is 1. The van der Waals surface area contributed by atoms with Crippen LogP contribution in [0.25, 0.3) is 10.6 Å². The lowest BCUT2D eigenvalue weighted by molar-refractivity contribution is -0.120. The van der Waals surface area contributed by atoms with Crippen molar-refractivity contribution in [3.63, 3.8) is 0 Å². The molecule has 6 heteroatoms. The van der Waals surface area contributed by atoms with Crippen LogP contribution >= 0.6 is 11.3 Å². The van der Waals surface area contributed by atoms with Crippen molar-refractivity contribution in [2.75, 3.05) is 13.6 Å². The molecule has 1 aromatic carbocycles. The molecule has 0 bridgehead atoms. The van der Waals surface area contributed by atoms with Crippen LogP contribution in [0, 0.1) is 12.7 Å². The highest BCUT2D eigenvalue weighted by Gasteiger charge is 2.16. The van der Waals surface area contributed by atoms with E-state index in [4.69, 9.17) is 0 Å². The number of carbonyl (C=O) groups excluding carboxylic acids is 1. The Bertz CT molecular complexity index is 624. The molecule has 112 valence electrons. The quantitative estimate of drug-likeness (QED) is 0.893. The Morgan fingerprint density at radius 3 is 2.67 bits per heavy atom. The fourth-order valence-corrected chi connectivity index (χ4v) is 3.12. The maximum Gasteiger partial charge on any atom is 0.234 e. The predicted octanol–water partition coefficient (Wildman–Crippen LogP) is 2.65. The topological polar surface area (TPSA) is 54.0 Å². The molecule has 0 saturated heterocycles. The number of rotatable bonds is 5. The maximum atomic E-state index is 13.0. The first-order chi connectivity index (χ1) is 10.0. The Morgan fingerprint density at radius 2 is 2.05 bits per heavy atom. The first kappa shape index (κ1) is 15.6. The van der Waals surface area contributed by atoms with Gasteiger partial charge in [0.15, 0.2) is 0 Å². The molecule has 0 saturated carbocycles. The third-order valence-electron chi connectivity index (χ3n) is 3.03. The van der Waals surface area contributed by atoms with Gasteiger partial charge in [-0.3, -0.25) is 4.79 Å². The van der Waals surface area contributed by atoms with Gasteiger partial charge in [0.05, 0.1) is 23.2 Å². The van der Waals surface area contributed by atoms with E-state index in [1.807, 2.05) is 13.8 Å². The van der Waals surface area contributed by atoms with Crippen LogP contribution in [0.3, 0.4) is 0 Å². The number of hydrogen-bond acceptors (Lipinski definition) is 4. The van der Waals surface area contributed by atoms with Crippen LogP contribution < -0.4 is 10.6 Å². The Labute approximate surface area is 127 Å². The number of benzene rings is 1. The molecule has 0 aliphatic heterocycles. The molecule has 1 atom stereocenters. The van der Waals surface area contributed by atoms with Crippen molar-refractivity contribution >= 4 is 17.2 Å². The summed E-state index contributed by atoms with van der Waals surface area (Å²) in [4.78, 5) is 17.1. The minimum Gasteiger partial charge on any atom is -0.348 e. The van der Waals surface area contributed by atoms with Crippen LogP contribution in [0.15, 0.2) is 24.3 Å². The molecular weight excluding hydrogens is 289 g/mol. The van der Waals surface area contributed by atoms with Crippen molar-refractivity contribution in [1.29, 1.82) is 0 Å². The Hall–Kier alpha value is -1.79. The number of aromatic nitrogens is 1. The molecule has 0 aliphatic carbocycles. The third kappa shape index (κ3) is 3.86. The highest BCUT2D eigenvalue weighted by atomic mass is 32.1. The molecule has 1 amide bonds. The summed E-state index contributed by atoms with van der Waals surface area (Å²) in [6.45, 7) is 4.13. The number of thiazole rings is 1. The van der Waals surface area contributed by atoms with Gasteiger partial charge in [0, 0.05) is 5.56 Å². The van der Waals surface area contributed by atoms with E-state index in [0.29, 0.717) is 0 Å². The lowest BCUT2D eigenvalue weighted by atomic mass is 10.2. The molecule has 21 heavy (non-hydrogen) atoms. The van der Waals surface area contributed by atoms with Gasteiger partial charge >= 0.3 is 0 Å². The van der Waals surface area contributed by atoms with Crippen molar-refractivity contribution in [3.05, 3.63) is 40.7 Å². The van der Waals surface area contributed by atoms with Crippen molar-refractivity contribution < 1.29 is 9.18 Å².